The second-order valence-corrected chi connectivity index (χ2v) is 5.17. The zero-order chi connectivity index (χ0) is 14.4. The highest BCUT2D eigenvalue weighted by Crippen LogP contribution is 2.14. The molecule has 20 heavy (non-hydrogen) atoms. The summed E-state index contributed by atoms with van der Waals surface area (Å²) in [5.74, 6) is -0.226. The number of ether oxygens (including phenoxy) is 2. The Kier molecular flexibility index (Phi) is 5.76. The van der Waals surface area contributed by atoms with Gasteiger partial charge in [0.1, 0.15) is 5.82 Å². The van der Waals surface area contributed by atoms with E-state index in [2.05, 4.69) is 5.32 Å². The molecule has 0 aliphatic carbocycles. The average molecular weight is 283 g/mol. The third-order valence-corrected chi connectivity index (χ3v) is 3.34. The van der Waals surface area contributed by atoms with Gasteiger partial charge in [0.05, 0.1) is 25.4 Å². The summed E-state index contributed by atoms with van der Waals surface area (Å²) in [5.41, 5.74) is 1.38. The van der Waals surface area contributed by atoms with Crippen LogP contribution >= 0.6 is 0 Å². The zero-order valence-corrected chi connectivity index (χ0v) is 11.8. The predicted octanol–water partition coefficient (Wildman–Crippen LogP) is 2.10. The Balaban J connectivity index is 1.63. The van der Waals surface area contributed by atoms with E-state index in [4.69, 9.17) is 9.47 Å². The zero-order valence-electron chi connectivity index (χ0n) is 11.8. The highest BCUT2D eigenvalue weighted by atomic mass is 19.1. The molecule has 2 atom stereocenters. The molecule has 0 radical (unpaired) electrons. The van der Waals surface area contributed by atoms with Gasteiger partial charge in [0, 0.05) is 18.8 Å². The third kappa shape index (κ3) is 4.74. The molecule has 0 amide bonds. The molecule has 1 aromatic rings. The van der Waals surface area contributed by atoms with Crippen LogP contribution in [0.15, 0.2) is 18.2 Å². The molecule has 2 N–H and O–H groups in total. The van der Waals surface area contributed by atoms with Crippen molar-refractivity contribution in [3.05, 3.63) is 29.6 Å². The first-order valence-corrected chi connectivity index (χ1v) is 7.02. The predicted molar refractivity (Wildman–Crippen MR) is 75.4 cm³/mol. The molecule has 1 fully saturated rings. The van der Waals surface area contributed by atoms with E-state index < -0.39 is 6.10 Å². The first-order chi connectivity index (χ1) is 9.65. The van der Waals surface area contributed by atoms with Crippen molar-refractivity contribution in [3.8, 4) is 0 Å². The van der Waals surface area contributed by atoms with Crippen LogP contribution in [0.1, 0.15) is 18.4 Å². The van der Waals surface area contributed by atoms with Crippen molar-refractivity contribution in [2.24, 2.45) is 0 Å². The quantitative estimate of drug-likeness (QED) is 0.804. The molecular formula is C15H22FNO3. The number of aliphatic hydroxyl groups excluding tert-OH is 1. The highest BCUT2D eigenvalue weighted by Gasteiger charge is 2.16. The van der Waals surface area contributed by atoms with Crippen LogP contribution in [0.25, 0.3) is 0 Å². The SMILES string of the molecule is Cc1cc(NCC(O)COCC2CCCO2)ccc1F. The molecule has 1 heterocycles. The topological polar surface area (TPSA) is 50.7 Å². The van der Waals surface area contributed by atoms with Crippen molar-refractivity contribution in [1.82, 2.24) is 0 Å². The van der Waals surface area contributed by atoms with Gasteiger partial charge < -0.3 is 19.9 Å². The summed E-state index contributed by atoms with van der Waals surface area (Å²) in [4.78, 5) is 0. The van der Waals surface area contributed by atoms with Crippen LogP contribution < -0.4 is 5.32 Å². The minimum absolute atomic E-state index is 0.176. The number of aryl methyl sites for hydroxylation is 1. The molecule has 1 aliphatic rings. The van der Waals surface area contributed by atoms with Crippen LogP contribution in [0.3, 0.4) is 0 Å². The maximum Gasteiger partial charge on any atom is 0.126 e. The molecule has 4 nitrogen and oxygen atoms in total. The number of nitrogens with one attached hydrogen (secondary N) is 1. The number of aliphatic hydroxyl groups is 1. The van der Waals surface area contributed by atoms with Crippen LogP contribution in [0.2, 0.25) is 0 Å². The maximum atomic E-state index is 13.1. The summed E-state index contributed by atoms with van der Waals surface area (Å²) in [5, 5.41) is 12.9. The summed E-state index contributed by atoms with van der Waals surface area (Å²) >= 11 is 0. The van der Waals surface area contributed by atoms with Crippen molar-refractivity contribution < 1.29 is 19.0 Å². The molecule has 0 spiro atoms. The van der Waals surface area contributed by atoms with Gasteiger partial charge in [0.15, 0.2) is 0 Å². The smallest absolute Gasteiger partial charge is 0.126 e. The highest BCUT2D eigenvalue weighted by molar-refractivity contribution is 5.45. The van der Waals surface area contributed by atoms with Gasteiger partial charge in [0.2, 0.25) is 0 Å². The van der Waals surface area contributed by atoms with E-state index in [1.165, 1.54) is 6.07 Å². The van der Waals surface area contributed by atoms with Crippen molar-refractivity contribution in [2.75, 3.05) is 31.7 Å². The minimum Gasteiger partial charge on any atom is -0.389 e. The molecule has 1 aromatic carbocycles. The van der Waals surface area contributed by atoms with Crippen LogP contribution in [-0.4, -0.2) is 43.7 Å². The second kappa shape index (κ2) is 7.57. The number of halogens is 1. The van der Waals surface area contributed by atoms with E-state index in [0.717, 1.165) is 25.1 Å². The molecule has 0 aromatic heterocycles. The first-order valence-electron chi connectivity index (χ1n) is 7.02. The molecule has 5 heteroatoms. The Morgan fingerprint density at radius 3 is 3.10 bits per heavy atom. The summed E-state index contributed by atoms with van der Waals surface area (Å²) < 4.78 is 24.0. The van der Waals surface area contributed by atoms with Gasteiger partial charge in [0.25, 0.3) is 0 Å². The van der Waals surface area contributed by atoms with Gasteiger partial charge in [-0.2, -0.15) is 0 Å². The number of hydrogen-bond donors (Lipinski definition) is 2. The van der Waals surface area contributed by atoms with Gasteiger partial charge in [-0.25, -0.2) is 4.39 Å². The molecule has 0 bridgehead atoms. The molecule has 1 saturated heterocycles. The molecule has 2 unspecified atom stereocenters. The Bertz CT molecular complexity index is 422. The maximum absolute atomic E-state index is 13.1. The summed E-state index contributed by atoms with van der Waals surface area (Å²) in [7, 11) is 0. The van der Waals surface area contributed by atoms with E-state index in [-0.39, 0.29) is 18.5 Å². The number of anilines is 1. The first kappa shape index (κ1) is 15.2. The van der Waals surface area contributed by atoms with Crippen molar-refractivity contribution >= 4 is 5.69 Å². The number of rotatable bonds is 7. The Morgan fingerprint density at radius 1 is 1.55 bits per heavy atom. The van der Waals surface area contributed by atoms with Gasteiger partial charge in [-0.05, 0) is 43.5 Å². The summed E-state index contributed by atoms with van der Waals surface area (Å²) in [6.45, 7) is 3.69. The van der Waals surface area contributed by atoms with Crippen LogP contribution in [0.5, 0.6) is 0 Å². The van der Waals surface area contributed by atoms with Crippen LogP contribution in [-0.2, 0) is 9.47 Å². The van der Waals surface area contributed by atoms with E-state index in [1.54, 1.807) is 19.1 Å². The molecule has 0 saturated carbocycles. The molecule has 2 rings (SSSR count). The van der Waals surface area contributed by atoms with Crippen molar-refractivity contribution in [1.29, 1.82) is 0 Å². The fraction of sp³-hybridized carbons (Fsp3) is 0.600. The normalized spacial score (nSPS) is 20.1. The lowest BCUT2D eigenvalue weighted by molar-refractivity contribution is -0.0137. The Morgan fingerprint density at radius 2 is 2.40 bits per heavy atom. The van der Waals surface area contributed by atoms with Crippen molar-refractivity contribution in [2.45, 2.75) is 32.0 Å². The fourth-order valence-electron chi connectivity index (χ4n) is 2.16. The van der Waals surface area contributed by atoms with Crippen molar-refractivity contribution in [3.63, 3.8) is 0 Å². The molecule has 1 aliphatic heterocycles. The Labute approximate surface area is 118 Å². The van der Waals surface area contributed by atoms with Crippen LogP contribution in [0.4, 0.5) is 10.1 Å². The molecule has 112 valence electrons. The number of hydrogen-bond acceptors (Lipinski definition) is 4. The monoisotopic (exact) mass is 283 g/mol. The van der Waals surface area contributed by atoms with E-state index in [0.29, 0.717) is 18.7 Å². The summed E-state index contributed by atoms with van der Waals surface area (Å²) in [6.07, 6.45) is 1.70. The van der Waals surface area contributed by atoms with Gasteiger partial charge >= 0.3 is 0 Å². The van der Waals surface area contributed by atoms with E-state index >= 15 is 0 Å². The van der Waals surface area contributed by atoms with E-state index in [9.17, 15) is 9.50 Å². The van der Waals surface area contributed by atoms with E-state index in [1.807, 2.05) is 0 Å². The lowest BCUT2D eigenvalue weighted by Gasteiger charge is -2.15. The third-order valence-electron chi connectivity index (χ3n) is 3.34. The Hall–Kier alpha value is -1.17. The average Bonchev–Trinajstić information content (AvgIpc) is 2.93. The van der Waals surface area contributed by atoms with Gasteiger partial charge in [-0.15, -0.1) is 0 Å². The lowest BCUT2D eigenvalue weighted by Crippen LogP contribution is -2.27. The fourth-order valence-corrected chi connectivity index (χ4v) is 2.16. The standard InChI is InChI=1S/C15H22FNO3/c1-11-7-12(4-5-15(11)16)17-8-13(18)9-19-10-14-3-2-6-20-14/h4-5,7,13-14,17-18H,2-3,6,8-10H2,1H3. The summed E-state index contributed by atoms with van der Waals surface area (Å²) in [6, 6.07) is 4.79. The van der Waals surface area contributed by atoms with Gasteiger partial charge in [-0.3, -0.25) is 0 Å². The van der Waals surface area contributed by atoms with Gasteiger partial charge in [-0.1, -0.05) is 0 Å². The minimum atomic E-state index is -0.596. The largest absolute Gasteiger partial charge is 0.389 e. The second-order valence-electron chi connectivity index (χ2n) is 5.17. The molecular weight excluding hydrogens is 261 g/mol. The number of benzene rings is 1. The lowest BCUT2D eigenvalue weighted by atomic mass is 10.2. The van der Waals surface area contributed by atoms with Crippen LogP contribution in [0, 0.1) is 12.7 Å².